The third-order valence-corrected chi connectivity index (χ3v) is 5.84. The lowest BCUT2D eigenvalue weighted by atomic mass is 9.69. The summed E-state index contributed by atoms with van der Waals surface area (Å²) in [7, 11) is 0. The lowest BCUT2D eigenvalue weighted by molar-refractivity contribution is -0.192. The van der Waals surface area contributed by atoms with Crippen LogP contribution in [0.5, 0.6) is 5.75 Å². The number of phenols is 1. The van der Waals surface area contributed by atoms with E-state index in [1.165, 1.54) is 5.56 Å². The van der Waals surface area contributed by atoms with Gasteiger partial charge in [0.25, 0.3) is 0 Å². The van der Waals surface area contributed by atoms with Gasteiger partial charge in [0.05, 0.1) is 5.03 Å². The number of carboxylic acid groups (broad SMARTS) is 1. The maximum Gasteiger partial charge on any atom is 0.490 e. The minimum atomic E-state index is -5.08. The molecule has 1 heterocycles. The Kier molecular flexibility index (Phi) is 6.61. The highest BCUT2D eigenvalue weighted by Gasteiger charge is 2.41. The van der Waals surface area contributed by atoms with E-state index in [0.29, 0.717) is 5.75 Å². The fourth-order valence-electron chi connectivity index (χ4n) is 3.02. The van der Waals surface area contributed by atoms with Crippen molar-refractivity contribution in [3.8, 4) is 5.75 Å². The van der Waals surface area contributed by atoms with Gasteiger partial charge in [0.15, 0.2) is 0 Å². The van der Waals surface area contributed by atoms with Crippen LogP contribution in [0.3, 0.4) is 0 Å². The predicted octanol–water partition coefficient (Wildman–Crippen LogP) is 3.74. The fraction of sp³-hybridized carbons (Fsp3) is 0.368. The summed E-state index contributed by atoms with van der Waals surface area (Å²) in [6.45, 7) is 4.31. The number of halogens is 3. The van der Waals surface area contributed by atoms with E-state index in [1.807, 2.05) is 36.5 Å². The second-order valence-corrected chi connectivity index (χ2v) is 8.18. The Morgan fingerprint density at radius 1 is 1.29 bits per heavy atom. The van der Waals surface area contributed by atoms with Crippen LogP contribution in [-0.4, -0.2) is 38.6 Å². The van der Waals surface area contributed by atoms with Crippen molar-refractivity contribution >= 4 is 17.7 Å². The number of phenolic OH excluding ortho intramolecular Hbond substituents is 1. The van der Waals surface area contributed by atoms with Crippen LogP contribution < -0.4 is 5.73 Å². The van der Waals surface area contributed by atoms with Crippen molar-refractivity contribution in [2.75, 3.05) is 0 Å². The van der Waals surface area contributed by atoms with Gasteiger partial charge in [0.2, 0.25) is 0 Å². The Hall–Kier alpha value is -2.26. The Bertz CT molecular complexity index is 829. The summed E-state index contributed by atoms with van der Waals surface area (Å²) in [5, 5.41) is 18.2. The van der Waals surface area contributed by atoms with Crippen molar-refractivity contribution in [3.05, 3.63) is 53.7 Å². The Morgan fingerprint density at radius 3 is 2.46 bits per heavy atom. The molecule has 2 atom stereocenters. The number of nitrogens with two attached hydrogens (primary N) is 1. The summed E-state index contributed by atoms with van der Waals surface area (Å²) in [5.41, 5.74) is 8.80. The first-order valence-corrected chi connectivity index (χ1v) is 9.26. The molecule has 152 valence electrons. The summed E-state index contributed by atoms with van der Waals surface area (Å²) in [6.07, 6.45) is -2.37. The molecule has 0 spiro atoms. The number of benzene rings is 1. The molecule has 1 aliphatic carbocycles. The van der Waals surface area contributed by atoms with Crippen LogP contribution in [0.4, 0.5) is 13.2 Å². The zero-order valence-electron chi connectivity index (χ0n) is 15.3. The highest BCUT2D eigenvalue weighted by Crippen LogP contribution is 2.42. The molecule has 0 fully saturated rings. The lowest BCUT2D eigenvalue weighted by Gasteiger charge is -2.43. The number of aromatic nitrogens is 1. The predicted molar refractivity (Wildman–Crippen MR) is 100 cm³/mol. The van der Waals surface area contributed by atoms with Crippen LogP contribution in [0, 0.1) is 0 Å². The average Bonchev–Trinajstić information content (AvgIpc) is 2.61. The molecular weight excluding hydrogens is 393 g/mol. The summed E-state index contributed by atoms with van der Waals surface area (Å²) >= 11 is 1.74. The topological polar surface area (TPSA) is 96.4 Å². The number of hydrogen-bond donors (Lipinski definition) is 3. The van der Waals surface area contributed by atoms with E-state index in [1.54, 1.807) is 17.8 Å². The first-order valence-electron chi connectivity index (χ1n) is 8.38. The van der Waals surface area contributed by atoms with Crippen LogP contribution in [0.1, 0.15) is 25.0 Å². The number of aliphatic carboxylic acids is 1. The fourth-order valence-corrected chi connectivity index (χ4v) is 4.36. The number of pyridine rings is 1. The second kappa shape index (κ2) is 8.40. The van der Waals surface area contributed by atoms with Crippen molar-refractivity contribution < 1.29 is 28.2 Å². The summed E-state index contributed by atoms with van der Waals surface area (Å²) in [4.78, 5) is 13.3. The van der Waals surface area contributed by atoms with Crippen molar-refractivity contribution in [3.63, 3.8) is 0 Å². The number of alkyl halides is 3. The molecule has 3 rings (SSSR count). The molecule has 9 heteroatoms. The second-order valence-electron chi connectivity index (χ2n) is 6.92. The molecule has 1 aliphatic rings. The minimum Gasteiger partial charge on any atom is -0.508 e. The molecule has 1 aromatic carbocycles. The van der Waals surface area contributed by atoms with E-state index in [9.17, 15) is 18.3 Å². The monoisotopic (exact) mass is 414 g/mol. The molecule has 1 aromatic heterocycles. The number of carbonyl (C=O) groups is 1. The molecule has 2 aromatic rings. The number of thioether (sulfide) groups is 1. The third kappa shape index (κ3) is 5.17. The van der Waals surface area contributed by atoms with E-state index < -0.39 is 12.1 Å². The zero-order chi connectivity index (χ0) is 21.1. The molecule has 0 amide bonds. The highest BCUT2D eigenvalue weighted by molar-refractivity contribution is 7.99. The summed E-state index contributed by atoms with van der Waals surface area (Å²) in [6, 6.07) is 11.6. The van der Waals surface area contributed by atoms with Gasteiger partial charge < -0.3 is 15.9 Å². The quantitative estimate of drug-likeness (QED) is 0.693. The third-order valence-electron chi connectivity index (χ3n) is 4.59. The molecule has 28 heavy (non-hydrogen) atoms. The Balaban J connectivity index is 0.000000345. The standard InChI is InChI=1S/C17H20N2OS.C2HF3O2/c1-17(2)13-10-12(20)7-6-11(13)9-14(16(17)18)21-15-5-3-4-8-19-15;3-2(4,5)1(6)7/h3-8,10,14,16,20H,9,18H2,1-2H3;(H,6,7)/t14-,16+;/m1./s1. The molecule has 5 nitrogen and oxygen atoms in total. The van der Waals surface area contributed by atoms with Crippen molar-refractivity contribution in [1.29, 1.82) is 0 Å². The SMILES string of the molecule is CC1(C)c2cc(O)ccc2C[C@@H](Sc2ccccn2)[C@@H]1N.O=C(O)C(F)(F)F. The van der Waals surface area contributed by atoms with Gasteiger partial charge in [-0.3, -0.25) is 0 Å². The molecule has 0 bridgehead atoms. The molecule has 0 saturated carbocycles. The van der Waals surface area contributed by atoms with Gasteiger partial charge >= 0.3 is 12.1 Å². The van der Waals surface area contributed by atoms with E-state index in [2.05, 4.69) is 18.8 Å². The molecule has 4 N–H and O–H groups in total. The van der Waals surface area contributed by atoms with E-state index in [-0.39, 0.29) is 16.7 Å². The van der Waals surface area contributed by atoms with Gasteiger partial charge in [-0.05, 0) is 41.8 Å². The summed E-state index contributed by atoms with van der Waals surface area (Å²) in [5.74, 6) is -2.45. The van der Waals surface area contributed by atoms with Gasteiger partial charge in [-0.25, -0.2) is 9.78 Å². The molecular formula is C19H21F3N2O3S. The van der Waals surface area contributed by atoms with Gasteiger partial charge in [0, 0.05) is 22.9 Å². The van der Waals surface area contributed by atoms with Crippen LogP contribution in [0.25, 0.3) is 0 Å². The van der Waals surface area contributed by atoms with Crippen LogP contribution >= 0.6 is 11.8 Å². The van der Waals surface area contributed by atoms with Gasteiger partial charge in [-0.1, -0.05) is 26.0 Å². The maximum absolute atomic E-state index is 10.6. The summed E-state index contributed by atoms with van der Waals surface area (Å²) < 4.78 is 31.7. The molecule has 0 radical (unpaired) electrons. The first kappa shape index (κ1) is 22.0. The Morgan fingerprint density at radius 2 is 1.93 bits per heavy atom. The first-order chi connectivity index (χ1) is 12.9. The van der Waals surface area contributed by atoms with E-state index in [4.69, 9.17) is 15.6 Å². The van der Waals surface area contributed by atoms with Crippen LogP contribution in [-0.2, 0) is 16.6 Å². The maximum atomic E-state index is 10.6. The number of fused-ring (bicyclic) bond motifs is 1. The van der Waals surface area contributed by atoms with Crippen molar-refractivity contribution in [2.24, 2.45) is 5.73 Å². The lowest BCUT2D eigenvalue weighted by Crippen LogP contribution is -2.52. The minimum absolute atomic E-state index is 0.0128. The van der Waals surface area contributed by atoms with Gasteiger partial charge in [0.1, 0.15) is 5.75 Å². The van der Waals surface area contributed by atoms with Crippen molar-refractivity contribution in [1.82, 2.24) is 4.98 Å². The number of rotatable bonds is 2. The van der Waals surface area contributed by atoms with Crippen LogP contribution in [0.15, 0.2) is 47.6 Å². The van der Waals surface area contributed by atoms with Crippen molar-refractivity contribution in [2.45, 2.75) is 48.2 Å². The van der Waals surface area contributed by atoms with Gasteiger partial charge in [-0.15, -0.1) is 11.8 Å². The number of carboxylic acids is 1. The largest absolute Gasteiger partial charge is 0.508 e. The smallest absolute Gasteiger partial charge is 0.490 e. The zero-order valence-corrected chi connectivity index (χ0v) is 16.1. The highest BCUT2D eigenvalue weighted by atomic mass is 32.2. The van der Waals surface area contributed by atoms with Gasteiger partial charge in [-0.2, -0.15) is 13.2 Å². The van der Waals surface area contributed by atoms with Crippen LogP contribution in [0.2, 0.25) is 0 Å². The normalized spacial score (nSPS) is 20.5. The molecule has 0 unspecified atom stereocenters. The number of aromatic hydroxyl groups is 1. The molecule has 0 saturated heterocycles. The number of hydrogen-bond acceptors (Lipinski definition) is 5. The molecule has 0 aliphatic heterocycles. The Labute approximate surface area is 164 Å². The van der Waals surface area contributed by atoms with E-state index in [0.717, 1.165) is 17.0 Å². The van der Waals surface area contributed by atoms with E-state index >= 15 is 0 Å². The average molecular weight is 414 g/mol. The number of nitrogens with zero attached hydrogens (tertiary/aromatic N) is 1.